The number of halogens is 1. The predicted molar refractivity (Wildman–Crippen MR) is 82.6 cm³/mol. The standard InChI is InChI=1S/C16H14ClN3O/c1-11-5-6-15-19-14(10-20(15)9-11)8-18-16(21)12-3-2-4-13(17)7-12/h2-7,9-10H,8H2,1H3,(H,18,21). The van der Waals surface area contributed by atoms with Crippen LogP contribution in [0.25, 0.3) is 5.65 Å². The fourth-order valence-corrected chi connectivity index (χ4v) is 2.33. The molecule has 106 valence electrons. The quantitative estimate of drug-likeness (QED) is 0.807. The van der Waals surface area contributed by atoms with E-state index in [9.17, 15) is 4.79 Å². The van der Waals surface area contributed by atoms with Crippen molar-refractivity contribution in [3.05, 3.63) is 70.6 Å². The lowest BCUT2D eigenvalue weighted by molar-refractivity contribution is 0.0950. The van der Waals surface area contributed by atoms with Gasteiger partial charge in [-0.1, -0.05) is 23.7 Å². The first-order valence-corrected chi connectivity index (χ1v) is 6.97. The summed E-state index contributed by atoms with van der Waals surface area (Å²) in [5, 5.41) is 3.39. The summed E-state index contributed by atoms with van der Waals surface area (Å²) in [6, 6.07) is 10.8. The fourth-order valence-electron chi connectivity index (χ4n) is 2.14. The van der Waals surface area contributed by atoms with E-state index in [1.54, 1.807) is 24.3 Å². The molecule has 1 N–H and O–H groups in total. The molecule has 0 aliphatic rings. The third kappa shape index (κ3) is 3.06. The van der Waals surface area contributed by atoms with Crippen LogP contribution in [0.1, 0.15) is 21.6 Å². The number of hydrogen-bond donors (Lipinski definition) is 1. The molecule has 0 bridgehead atoms. The number of imidazole rings is 1. The summed E-state index contributed by atoms with van der Waals surface area (Å²) in [6.45, 7) is 2.41. The average molecular weight is 300 g/mol. The molecule has 4 nitrogen and oxygen atoms in total. The third-order valence-corrected chi connectivity index (χ3v) is 3.40. The molecule has 0 aliphatic carbocycles. The average Bonchev–Trinajstić information content (AvgIpc) is 2.86. The first kappa shape index (κ1) is 13.6. The molecule has 0 saturated heterocycles. The van der Waals surface area contributed by atoms with Gasteiger partial charge in [-0.3, -0.25) is 4.79 Å². The Morgan fingerprint density at radius 3 is 2.95 bits per heavy atom. The zero-order valence-corrected chi connectivity index (χ0v) is 12.3. The number of nitrogens with one attached hydrogen (secondary N) is 1. The summed E-state index contributed by atoms with van der Waals surface area (Å²) in [5.41, 5.74) is 3.39. The molecule has 0 atom stereocenters. The Hall–Kier alpha value is -2.33. The minimum Gasteiger partial charge on any atom is -0.346 e. The highest BCUT2D eigenvalue weighted by atomic mass is 35.5. The number of benzene rings is 1. The van der Waals surface area contributed by atoms with Gasteiger partial charge in [0.2, 0.25) is 0 Å². The van der Waals surface area contributed by atoms with Crippen molar-refractivity contribution < 1.29 is 4.79 Å². The molecule has 0 fully saturated rings. The summed E-state index contributed by atoms with van der Waals surface area (Å²) in [6.07, 6.45) is 3.92. The van der Waals surface area contributed by atoms with Crippen LogP contribution in [-0.2, 0) is 6.54 Å². The Balaban J connectivity index is 1.72. The molecule has 5 heteroatoms. The van der Waals surface area contributed by atoms with Gasteiger partial charge in [0.25, 0.3) is 5.91 Å². The van der Waals surface area contributed by atoms with Crippen molar-refractivity contribution in [3.63, 3.8) is 0 Å². The lowest BCUT2D eigenvalue weighted by Gasteiger charge is -2.03. The molecule has 2 aromatic heterocycles. The van der Waals surface area contributed by atoms with E-state index in [1.807, 2.05) is 35.9 Å². The topological polar surface area (TPSA) is 46.4 Å². The van der Waals surface area contributed by atoms with E-state index in [0.717, 1.165) is 16.9 Å². The largest absolute Gasteiger partial charge is 0.346 e. The van der Waals surface area contributed by atoms with Gasteiger partial charge in [-0.15, -0.1) is 0 Å². The zero-order chi connectivity index (χ0) is 14.8. The molecule has 0 radical (unpaired) electrons. The van der Waals surface area contributed by atoms with E-state index in [-0.39, 0.29) is 5.91 Å². The normalized spacial score (nSPS) is 10.8. The van der Waals surface area contributed by atoms with Crippen LogP contribution in [-0.4, -0.2) is 15.3 Å². The lowest BCUT2D eigenvalue weighted by atomic mass is 10.2. The van der Waals surface area contributed by atoms with Gasteiger partial charge >= 0.3 is 0 Å². The number of carbonyl (C=O) groups is 1. The van der Waals surface area contributed by atoms with Crippen LogP contribution in [0.5, 0.6) is 0 Å². The first-order valence-electron chi connectivity index (χ1n) is 6.60. The van der Waals surface area contributed by atoms with Gasteiger partial charge in [0.15, 0.2) is 0 Å². The summed E-state index contributed by atoms with van der Waals surface area (Å²) in [4.78, 5) is 16.5. The van der Waals surface area contributed by atoms with Crippen molar-refractivity contribution >= 4 is 23.2 Å². The number of carbonyl (C=O) groups excluding carboxylic acids is 1. The van der Waals surface area contributed by atoms with Gasteiger partial charge in [-0.2, -0.15) is 0 Å². The van der Waals surface area contributed by atoms with Crippen molar-refractivity contribution in [3.8, 4) is 0 Å². The van der Waals surface area contributed by atoms with Crippen molar-refractivity contribution in [1.29, 1.82) is 0 Å². The van der Waals surface area contributed by atoms with Crippen LogP contribution in [0, 0.1) is 6.92 Å². The van der Waals surface area contributed by atoms with Crippen molar-refractivity contribution in [2.24, 2.45) is 0 Å². The van der Waals surface area contributed by atoms with E-state index in [2.05, 4.69) is 10.3 Å². The number of rotatable bonds is 3. The fraction of sp³-hybridized carbons (Fsp3) is 0.125. The Morgan fingerprint density at radius 1 is 1.29 bits per heavy atom. The van der Waals surface area contributed by atoms with E-state index < -0.39 is 0 Å². The van der Waals surface area contributed by atoms with Gasteiger partial charge in [0.1, 0.15) is 5.65 Å². The second-order valence-electron chi connectivity index (χ2n) is 4.90. The molecule has 1 aromatic carbocycles. The maximum absolute atomic E-state index is 12.0. The van der Waals surface area contributed by atoms with Crippen LogP contribution >= 0.6 is 11.6 Å². The molecule has 0 unspecified atom stereocenters. The first-order chi connectivity index (χ1) is 10.1. The summed E-state index contributed by atoms with van der Waals surface area (Å²) in [5.74, 6) is -0.161. The van der Waals surface area contributed by atoms with Gasteiger partial charge in [0, 0.05) is 23.0 Å². The van der Waals surface area contributed by atoms with Crippen molar-refractivity contribution in [1.82, 2.24) is 14.7 Å². The monoisotopic (exact) mass is 299 g/mol. The van der Waals surface area contributed by atoms with Crippen LogP contribution in [0.4, 0.5) is 0 Å². The molecule has 0 saturated carbocycles. The summed E-state index contributed by atoms with van der Waals surface area (Å²) >= 11 is 5.88. The Bertz CT molecular complexity index is 810. The highest BCUT2D eigenvalue weighted by molar-refractivity contribution is 6.30. The van der Waals surface area contributed by atoms with Crippen LogP contribution in [0.2, 0.25) is 5.02 Å². The van der Waals surface area contributed by atoms with Crippen LogP contribution in [0.15, 0.2) is 48.8 Å². The molecular formula is C16H14ClN3O. The molecule has 0 spiro atoms. The molecule has 0 aliphatic heterocycles. The van der Waals surface area contributed by atoms with Crippen molar-refractivity contribution in [2.75, 3.05) is 0 Å². The minimum absolute atomic E-state index is 0.161. The summed E-state index contributed by atoms with van der Waals surface area (Å²) < 4.78 is 1.95. The Morgan fingerprint density at radius 2 is 2.14 bits per heavy atom. The van der Waals surface area contributed by atoms with E-state index in [4.69, 9.17) is 11.6 Å². The Labute approximate surface area is 127 Å². The number of fused-ring (bicyclic) bond motifs is 1. The predicted octanol–water partition coefficient (Wildman–Crippen LogP) is 3.23. The number of aromatic nitrogens is 2. The highest BCUT2D eigenvalue weighted by Crippen LogP contribution is 2.11. The van der Waals surface area contributed by atoms with Gasteiger partial charge < -0.3 is 9.72 Å². The van der Waals surface area contributed by atoms with Crippen molar-refractivity contribution in [2.45, 2.75) is 13.5 Å². The molecular weight excluding hydrogens is 286 g/mol. The molecule has 21 heavy (non-hydrogen) atoms. The van der Waals surface area contributed by atoms with Crippen LogP contribution < -0.4 is 5.32 Å². The number of amides is 1. The lowest BCUT2D eigenvalue weighted by Crippen LogP contribution is -2.22. The molecule has 3 rings (SSSR count). The van der Waals surface area contributed by atoms with Gasteiger partial charge in [0.05, 0.1) is 12.2 Å². The molecule has 3 aromatic rings. The maximum Gasteiger partial charge on any atom is 0.251 e. The molecule has 2 heterocycles. The Kier molecular flexibility index (Phi) is 3.62. The highest BCUT2D eigenvalue weighted by Gasteiger charge is 2.07. The van der Waals surface area contributed by atoms with E-state index in [0.29, 0.717) is 17.1 Å². The second kappa shape index (κ2) is 5.58. The molecule has 1 amide bonds. The van der Waals surface area contributed by atoms with Gasteiger partial charge in [-0.05, 0) is 36.8 Å². The smallest absolute Gasteiger partial charge is 0.251 e. The SMILES string of the molecule is Cc1ccc2nc(CNC(=O)c3cccc(Cl)c3)cn2c1. The number of pyridine rings is 1. The minimum atomic E-state index is -0.161. The number of nitrogens with zero attached hydrogens (tertiary/aromatic N) is 2. The van der Waals surface area contributed by atoms with E-state index in [1.165, 1.54) is 0 Å². The van der Waals surface area contributed by atoms with Gasteiger partial charge in [-0.25, -0.2) is 4.98 Å². The maximum atomic E-state index is 12.0. The van der Waals surface area contributed by atoms with E-state index >= 15 is 0 Å². The third-order valence-electron chi connectivity index (χ3n) is 3.17. The zero-order valence-electron chi connectivity index (χ0n) is 11.5. The number of aryl methyl sites for hydroxylation is 1. The second-order valence-corrected chi connectivity index (χ2v) is 5.33. The number of hydrogen-bond acceptors (Lipinski definition) is 2. The summed E-state index contributed by atoms with van der Waals surface area (Å²) in [7, 11) is 0. The van der Waals surface area contributed by atoms with Crippen LogP contribution in [0.3, 0.4) is 0 Å².